The van der Waals surface area contributed by atoms with Gasteiger partial charge in [0.2, 0.25) is 0 Å². The van der Waals surface area contributed by atoms with Crippen molar-refractivity contribution in [3.63, 3.8) is 0 Å². The summed E-state index contributed by atoms with van der Waals surface area (Å²) < 4.78 is 0. The Labute approximate surface area is 101 Å². The summed E-state index contributed by atoms with van der Waals surface area (Å²) in [6, 6.07) is 0. The topological polar surface area (TPSA) is 26.0 Å². The Hall–Kier alpha value is -0.0400. The fraction of sp³-hybridized carbons (Fsp3) is 1.00. The van der Waals surface area contributed by atoms with Crippen LogP contribution in [0.15, 0.2) is 0 Å². The highest BCUT2D eigenvalue weighted by atomic mass is 14.6. The Kier molecular flexibility index (Phi) is 4.29. The number of rotatable bonds is 2. The van der Waals surface area contributed by atoms with Crippen LogP contribution in [-0.2, 0) is 0 Å². The summed E-state index contributed by atoms with van der Waals surface area (Å²) in [5.41, 5.74) is 5.98. The van der Waals surface area contributed by atoms with Gasteiger partial charge in [-0.1, -0.05) is 39.5 Å². The highest BCUT2D eigenvalue weighted by molar-refractivity contribution is 4.86. The molecule has 1 nitrogen and oxygen atoms in total. The maximum atomic E-state index is 5.98. The molecular formula is C15H29N. The maximum Gasteiger partial charge on any atom is -0.00461 e. The van der Waals surface area contributed by atoms with Gasteiger partial charge in [-0.25, -0.2) is 0 Å². The zero-order valence-corrected chi connectivity index (χ0v) is 11.1. The smallest absolute Gasteiger partial charge is 0.00461 e. The molecular weight excluding hydrogens is 194 g/mol. The molecule has 2 N–H and O–H groups in total. The summed E-state index contributed by atoms with van der Waals surface area (Å²) in [5, 5.41) is 0. The first-order chi connectivity index (χ1) is 7.70. The fourth-order valence-corrected chi connectivity index (χ4v) is 4.23. The molecule has 0 aromatic heterocycles. The minimum atomic E-state index is 0.839. The predicted octanol–water partition coefficient (Wildman–Crippen LogP) is 3.82. The minimum absolute atomic E-state index is 0.839. The third kappa shape index (κ3) is 2.80. The van der Waals surface area contributed by atoms with E-state index in [1.165, 1.54) is 44.9 Å². The number of nitrogens with two attached hydrogens (primary N) is 1. The van der Waals surface area contributed by atoms with E-state index in [0.29, 0.717) is 0 Å². The second kappa shape index (κ2) is 5.53. The summed E-state index contributed by atoms with van der Waals surface area (Å²) in [7, 11) is 0. The van der Waals surface area contributed by atoms with Gasteiger partial charge in [0, 0.05) is 0 Å². The molecule has 2 rings (SSSR count). The van der Waals surface area contributed by atoms with Crippen LogP contribution in [0.1, 0.15) is 58.8 Å². The largest absolute Gasteiger partial charge is 0.330 e. The van der Waals surface area contributed by atoms with Gasteiger partial charge < -0.3 is 5.73 Å². The SMILES string of the molecule is CC1CCCC(C2CC(C)CCC2CN)C1. The van der Waals surface area contributed by atoms with Crippen molar-refractivity contribution in [2.24, 2.45) is 35.3 Å². The Morgan fingerprint density at radius 2 is 1.69 bits per heavy atom. The monoisotopic (exact) mass is 223 g/mol. The van der Waals surface area contributed by atoms with E-state index in [1.54, 1.807) is 0 Å². The zero-order valence-electron chi connectivity index (χ0n) is 11.1. The van der Waals surface area contributed by atoms with Crippen LogP contribution in [0.25, 0.3) is 0 Å². The van der Waals surface area contributed by atoms with Crippen molar-refractivity contribution in [1.82, 2.24) is 0 Å². The normalized spacial score (nSPS) is 45.6. The van der Waals surface area contributed by atoms with Gasteiger partial charge in [0.25, 0.3) is 0 Å². The van der Waals surface area contributed by atoms with E-state index in [1.807, 2.05) is 0 Å². The molecule has 2 fully saturated rings. The fourth-order valence-electron chi connectivity index (χ4n) is 4.23. The van der Waals surface area contributed by atoms with Gasteiger partial charge in [-0.15, -0.1) is 0 Å². The zero-order chi connectivity index (χ0) is 11.5. The van der Waals surface area contributed by atoms with Crippen molar-refractivity contribution < 1.29 is 0 Å². The third-order valence-electron chi connectivity index (χ3n) is 5.20. The molecule has 1 heteroatoms. The van der Waals surface area contributed by atoms with E-state index >= 15 is 0 Å². The van der Waals surface area contributed by atoms with Gasteiger partial charge in [0.15, 0.2) is 0 Å². The van der Waals surface area contributed by atoms with Crippen molar-refractivity contribution in [1.29, 1.82) is 0 Å². The van der Waals surface area contributed by atoms with Crippen molar-refractivity contribution >= 4 is 0 Å². The van der Waals surface area contributed by atoms with E-state index < -0.39 is 0 Å². The number of hydrogen-bond acceptors (Lipinski definition) is 1. The van der Waals surface area contributed by atoms with Crippen LogP contribution in [0, 0.1) is 29.6 Å². The van der Waals surface area contributed by atoms with Gasteiger partial charge in [0.1, 0.15) is 0 Å². The molecule has 0 amide bonds. The van der Waals surface area contributed by atoms with Crippen LogP contribution in [0.2, 0.25) is 0 Å². The van der Waals surface area contributed by atoms with Gasteiger partial charge in [-0.2, -0.15) is 0 Å². The van der Waals surface area contributed by atoms with Crippen LogP contribution in [-0.4, -0.2) is 6.54 Å². The lowest BCUT2D eigenvalue weighted by Gasteiger charge is -2.42. The molecule has 2 aliphatic carbocycles. The van der Waals surface area contributed by atoms with Crippen molar-refractivity contribution in [2.45, 2.75) is 58.8 Å². The molecule has 0 aromatic rings. The molecule has 5 atom stereocenters. The lowest BCUT2D eigenvalue weighted by molar-refractivity contribution is 0.0914. The van der Waals surface area contributed by atoms with Crippen molar-refractivity contribution in [2.75, 3.05) is 6.54 Å². The molecule has 0 radical (unpaired) electrons. The second-order valence-electron chi connectivity index (χ2n) is 6.61. The summed E-state index contributed by atoms with van der Waals surface area (Å²) in [6.07, 6.45) is 10.2. The van der Waals surface area contributed by atoms with Gasteiger partial charge in [-0.3, -0.25) is 0 Å². The second-order valence-corrected chi connectivity index (χ2v) is 6.61. The van der Waals surface area contributed by atoms with Gasteiger partial charge >= 0.3 is 0 Å². The summed E-state index contributed by atoms with van der Waals surface area (Å²) in [5.74, 6) is 4.71. The average Bonchev–Trinajstić information content (AvgIpc) is 2.29. The molecule has 0 heterocycles. The van der Waals surface area contributed by atoms with E-state index in [4.69, 9.17) is 5.73 Å². The Morgan fingerprint density at radius 3 is 2.38 bits per heavy atom. The average molecular weight is 223 g/mol. The van der Waals surface area contributed by atoms with Gasteiger partial charge in [0.05, 0.1) is 0 Å². The molecule has 0 aliphatic heterocycles. The molecule has 2 saturated carbocycles. The van der Waals surface area contributed by atoms with Crippen molar-refractivity contribution in [3.8, 4) is 0 Å². The van der Waals surface area contributed by atoms with Crippen LogP contribution >= 0.6 is 0 Å². The Bertz CT molecular complexity index is 213. The van der Waals surface area contributed by atoms with Crippen LogP contribution in [0.5, 0.6) is 0 Å². The Morgan fingerprint density at radius 1 is 0.938 bits per heavy atom. The molecule has 5 unspecified atom stereocenters. The van der Waals surface area contributed by atoms with Crippen LogP contribution in [0.4, 0.5) is 0 Å². The Balaban J connectivity index is 1.98. The minimum Gasteiger partial charge on any atom is -0.330 e. The van der Waals surface area contributed by atoms with Crippen LogP contribution < -0.4 is 5.73 Å². The number of hydrogen-bond donors (Lipinski definition) is 1. The third-order valence-corrected chi connectivity index (χ3v) is 5.20. The molecule has 2 aliphatic rings. The lowest BCUT2D eigenvalue weighted by atomic mass is 9.64. The van der Waals surface area contributed by atoms with E-state index in [9.17, 15) is 0 Å². The van der Waals surface area contributed by atoms with E-state index in [2.05, 4.69) is 13.8 Å². The molecule has 0 bridgehead atoms. The summed E-state index contributed by atoms with van der Waals surface area (Å²) in [6.45, 7) is 5.81. The van der Waals surface area contributed by atoms with E-state index in [-0.39, 0.29) is 0 Å². The standard InChI is InChI=1S/C15H29N/c1-11-4-3-5-13(8-11)15-9-12(2)6-7-14(15)10-16/h11-15H,3-10,16H2,1-2H3. The van der Waals surface area contributed by atoms with E-state index in [0.717, 1.165) is 36.1 Å². The van der Waals surface area contributed by atoms with Crippen molar-refractivity contribution in [3.05, 3.63) is 0 Å². The highest BCUT2D eigenvalue weighted by Crippen LogP contribution is 2.44. The molecule has 0 saturated heterocycles. The summed E-state index contributed by atoms with van der Waals surface area (Å²) in [4.78, 5) is 0. The first-order valence-corrected chi connectivity index (χ1v) is 7.40. The molecule has 0 spiro atoms. The maximum absolute atomic E-state index is 5.98. The quantitative estimate of drug-likeness (QED) is 0.756. The van der Waals surface area contributed by atoms with Crippen LogP contribution in [0.3, 0.4) is 0 Å². The molecule has 94 valence electrons. The molecule has 0 aromatic carbocycles. The predicted molar refractivity (Wildman–Crippen MR) is 70.2 cm³/mol. The highest BCUT2D eigenvalue weighted by Gasteiger charge is 2.35. The first-order valence-electron chi connectivity index (χ1n) is 7.40. The lowest BCUT2D eigenvalue weighted by Crippen LogP contribution is -2.36. The first kappa shape index (κ1) is 12.4. The van der Waals surface area contributed by atoms with Gasteiger partial charge in [-0.05, 0) is 55.4 Å². The molecule has 16 heavy (non-hydrogen) atoms. The summed E-state index contributed by atoms with van der Waals surface area (Å²) >= 11 is 0.